The number of pyridine rings is 1. The van der Waals surface area contributed by atoms with Gasteiger partial charge in [0.1, 0.15) is 5.82 Å². The Kier molecular flexibility index (Phi) is 8.11. The number of sulfonamides is 1. The SMILES string of the molecule is CC(C)C[C@H](CO)Nc1nc(NS(C)(=O)=O)nc(SC(C)c2ccc(F)cn2)n1. The number of anilines is 2. The summed E-state index contributed by atoms with van der Waals surface area (Å²) in [6.07, 6.45) is 2.80. The number of hydrogen-bond acceptors (Lipinski definition) is 9. The van der Waals surface area contributed by atoms with Crippen LogP contribution in [-0.4, -0.2) is 52.4 Å². The second kappa shape index (κ2) is 10.1. The van der Waals surface area contributed by atoms with Gasteiger partial charge in [-0.3, -0.25) is 9.71 Å². The molecule has 0 saturated carbocycles. The summed E-state index contributed by atoms with van der Waals surface area (Å²) in [6.45, 7) is 5.76. The first kappa shape index (κ1) is 23.2. The van der Waals surface area contributed by atoms with E-state index in [1.165, 1.54) is 17.8 Å². The lowest BCUT2D eigenvalue weighted by Crippen LogP contribution is -2.27. The lowest BCUT2D eigenvalue weighted by Gasteiger charge is -2.19. The Morgan fingerprint density at radius 2 is 1.86 bits per heavy atom. The van der Waals surface area contributed by atoms with E-state index in [0.717, 1.165) is 12.5 Å². The van der Waals surface area contributed by atoms with Crippen molar-refractivity contribution in [3.63, 3.8) is 0 Å². The lowest BCUT2D eigenvalue weighted by atomic mass is 10.0. The maximum Gasteiger partial charge on any atom is 0.242 e. The Bertz CT molecular complexity index is 912. The van der Waals surface area contributed by atoms with Crippen LogP contribution < -0.4 is 10.0 Å². The monoisotopic (exact) mass is 444 g/mol. The van der Waals surface area contributed by atoms with Crippen LogP contribution in [0.5, 0.6) is 0 Å². The molecule has 29 heavy (non-hydrogen) atoms. The van der Waals surface area contributed by atoms with E-state index in [9.17, 15) is 17.9 Å². The van der Waals surface area contributed by atoms with Crippen LogP contribution in [0.2, 0.25) is 0 Å². The second-order valence-electron chi connectivity index (χ2n) is 6.95. The highest BCUT2D eigenvalue weighted by atomic mass is 32.2. The molecule has 160 valence electrons. The van der Waals surface area contributed by atoms with Gasteiger partial charge in [-0.2, -0.15) is 15.0 Å². The number of aliphatic hydroxyl groups is 1. The maximum absolute atomic E-state index is 13.1. The van der Waals surface area contributed by atoms with E-state index in [2.05, 4.69) is 30.0 Å². The average Bonchev–Trinajstić information content (AvgIpc) is 2.59. The van der Waals surface area contributed by atoms with Crippen molar-refractivity contribution in [2.75, 3.05) is 22.9 Å². The summed E-state index contributed by atoms with van der Waals surface area (Å²) < 4.78 is 38.5. The third kappa shape index (κ3) is 8.07. The minimum atomic E-state index is -3.59. The Hall–Kier alpha value is -2.05. The molecule has 2 aromatic rings. The Labute approximate surface area is 174 Å². The molecule has 1 unspecified atom stereocenters. The van der Waals surface area contributed by atoms with E-state index in [-0.39, 0.29) is 35.0 Å². The number of thioether (sulfide) groups is 1. The highest BCUT2D eigenvalue weighted by molar-refractivity contribution is 7.99. The van der Waals surface area contributed by atoms with Crippen LogP contribution in [0.4, 0.5) is 16.3 Å². The predicted molar refractivity (Wildman–Crippen MR) is 111 cm³/mol. The van der Waals surface area contributed by atoms with Gasteiger partial charge in [-0.15, -0.1) is 0 Å². The summed E-state index contributed by atoms with van der Waals surface area (Å²) in [5, 5.41) is 12.6. The van der Waals surface area contributed by atoms with Crippen molar-refractivity contribution in [1.82, 2.24) is 19.9 Å². The molecule has 0 radical (unpaired) electrons. The summed E-state index contributed by atoms with van der Waals surface area (Å²) in [6, 6.07) is 2.58. The molecule has 0 fully saturated rings. The van der Waals surface area contributed by atoms with Gasteiger partial charge in [-0.1, -0.05) is 25.6 Å². The molecular formula is C17H25FN6O3S2. The van der Waals surface area contributed by atoms with Crippen molar-refractivity contribution >= 4 is 33.7 Å². The third-order valence-electron chi connectivity index (χ3n) is 3.65. The number of nitrogens with zero attached hydrogens (tertiary/aromatic N) is 4. The van der Waals surface area contributed by atoms with Crippen LogP contribution in [0.1, 0.15) is 38.1 Å². The van der Waals surface area contributed by atoms with Crippen molar-refractivity contribution in [3.8, 4) is 0 Å². The third-order valence-corrected chi connectivity index (χ3v) is 5.19. The molecule has 2 atom stereocenters. The molecule has 0 aliphatic carbocycles. The number of aromatic nitrogens is 4. The summed E-state index contributed by atoms with van der Waals surface area (Å²) in [7, 11) is -3.59. The first-order chi connectivity index (χ1) is 13.6. The van der Waals surface area contributed by atoms with Crippen LogP contribution in [-0.2, 0) is 10.0 Å². The molecule has 0 saturated heterocycles. The zero-order valence-corrected chi connectivity index (χ0v) is 18.3. The standard InChI is InChI=1S/C17H25FN6O3S2/c1-10(2)7-13(9-25)20-15-21-16(24-29(4,26)27)23-17(22-15)28-11(3)14-6-5-12(18)8-19-14/h5-6,8,10-11,13,25H,7,9H2,1-4H3,(H2,20,21,22,23,24)/t11?,13-/m1/s1. The minimum Gasteiger partial charge on any atom is -0.394 e. The smallest absolute Gasteiger partial charge is 0.242 e. The Morgan fingerprint density at radius 1 is 1.17 bits per heavy atom. The number of rotatable bonds is 10. The quantitative estimate of drug-likeness (QED) is 0.473. The van der Waals surface area contributed by atoms with E-state index in [1.807, 2.05) is 20.8 Å². The van der Waals surface area contributed by atoms with E-state index >= 15 is 0 Å². The molecule has 0 aliphatic heterocycles. The van der Waals surface area contributed by atoms with Crippen molar-refractivity contribution in [3.05, 3.63) is 29.8 Å². The van der Waals surface area contributed by atoms with Gasteiger partial charge in [0.2, 0.25) is 21.9 Å². The fourth-order valence-corrected chi connectivity index (χ4v) is 3.74. The summed E-state index contributed by atoms with van der Waals surface area (Å²) in [4.78, 5) is 16.6. The molecule has 9 nitrogen and oxygen atoms in total. The number of hydrogen-bond donors (Lipinski definition) is 3. The van der Waals surface area contributed by atoms with Crippen molar-refractivity contribution in [2.24, 2.45) is 5.92 Å². The highest BCUT2D eigenvalue weighted by Crippen LogP contribution is 2.32. The zero-order chi connectivity index (χ0) is 21.6. The molecule has 0 aliphatic rings. The molecular weight excluding hydrogens is 419 g/mol. The van der Waals surface area contributed by atoms with Crippen molar-refractivity contribution in [1.29, 1.82) is 0 Å². The first-order valence-corrected chi connectivity index (χ1v) is 11.7. The van der Waals surface area contributed by atoms with Gasteiger partial charge in [-0.05, 0) is 31.4 Å². The summed E-state index contributed by atoms with van der Waals surface area (Å²) >= 11 is 1.22. The van der Waals surface area contributed by atoms with E-state index < -0.39 is 15.8 Å². The molecule has 0 amide bonds. The topological polar surface area (TPSA) is 130 Å². The van der Waals surface area contributed by atoms with Gasteiger partial charge in [-0.25, -0.2) is 12.8 Å². The van der Waals surface area contributed by atoms with Crippen molar-refractivity contribution < 1.29 is 17.9 Å². The molecule has 2 heterocycles. The molecule has 12 heteroatoms. The number of halogens is 1. The zero-order valence-electron chi connectivity index (χ0n) is 16.6. The van der Waals surface area contributed by atoms with Gasteiger partial charge >= 0.3 is 0 Å². The van der Waals surface area contributed by atoms with Gasteiger partial charge in [0.25, 0.3) is 0 Å². The Balaban J connectivity index is 2.29. The van der Waals surface area contributed by atoms with Crippen molar-refractivity contribution in [2.45, 2.75) is 43.6 Å². The number of aliphatic hydroxyl groups excluding tert-OH is 1. The molecule has 2 aromatic heterocycles. The molecule has 3 N–H and O–H groups in total. The van der Waals surface area contributed by atoms with Gasteiger partial charge in [0.05, 0.1) is 36.0 Å². The molecule has 2 rings (SSSR count). The van der Waals surface area contributed by atoms with E-state index in [4.69, 9.17) is 0 Å². The molecule has 0 bridgehead atoms. The Morgan fingerprint density at radius 3 is 2.41 bits per heavy atom. The van der Waals surface area contributed by atoms with Crippen LogP contribution in [0, 0.1) is 11.7 Å². The second-order valence-corrected chi connectivity index (χ2v) is 10.0. The molecule has 0 spiro atoms. The summed E-state index contributed by atoms with van der Waals surface area (Å²) in [5.41, 5.74) is 0.622. The lowest BCUT2D eigenvalue weighted by molar-refractivity contribution is 0.259. The molecule has 0 aromatic carbocycles. The van der Waals surface area contributed by atoms with Crippen LogP contribution in [0.15, 0.2) is 23.5 Å². The average molecular weight is 445 g/mol. The van der Waals surface area contributed by atoms with Crippen LogP contribution in [0.3, 0.4) is 0 Å². The fourth-order valence-electron chi connectivity index (χ4n) is 2.46. The predicted octanol–water partition coefficient (Wildman–Crippen LogP) is 2.45. The van der Waals surface area contributed by atoms with Gasteiger partial charge < -0.3 is 10.4 Å². The largest absolute Gasteiger partial charge is 0.394 e. The number of nitrogens with one attached hydrogen (secondary N) is 2. The van der Waals surface area contributed by atoms with E-state index in [0.29, 0.717) is 18.0 Å². The van der Waals surface area contributed by atoms with Gasteiger partial charge in [0, 0.05) is 0 Å². The van der Waals surface area contributed by atoms with Crippen LogP contribution in [0.25, 0.3) is 0 Å². The van der Waals surface area contributed by atoms with Gasteiger partial charge in [0.15, 0.2) is 5.16 Å². The normalized spacial score (nSPS) is 13.9. The first-order valence-electron chi connectivity index (χ1n) is 8.95. The van der Waals surface area contributed by atoms with E-state index in [1.54, 1.807) is 6.07 Å². The maximum atomic E-state index is 13.1. The van der Waals surface area contributed by atoms with Crippen LogP contribution >= 0.6 is 11.8 Å². The highest BCUT2D eigenvalue weighted by Gasteiger charge is 2.17. The fraction of sp³-hybridized carbons (Fsp3) is 0.529. The summed E-state index contributed by atoms with van der Waals surface area (Å²) in [5.74, 6) is -0.0911. The minimum absolute atomic E-state index is 0.128.